The molecule has 1 aliphatic heterocycles. The molecule has 146 valence electrons. The molecular weight excluding hydrogens is 352 g/mol. The Balaban J connectivity index is 1.44. The molecule has 3 heterocycles. The summed E-state index contributed by atoms with van der Waals surface area (Å²) in [6, 6.07) is 12.4. The highest BCUT2D eigenvalue weighted by Gasteiger charge is 2.20. The van der Waals surface area contributed by atoms with Crippen LogP contribution in [0.15, 0.2) is 55.1 Å². The second kappa shape index (κ2) is 8.39. The summed E-state index contributed by atoms with van der Waals surface area (Å²) in [6.45, 7) is 4.17. The Kier molecular flexibility index (Phi) is 5.53. The SMILES string of the molecule is CC(Nc1cc(N2CCCC(CO)C2)ncn1)c1ccc(-n2cccn2)cc1. The van der Waals surface area contributed by atoms with Crippen molar-refractivity contribution < 1.29 is 5.11 Å². The van der Waals surface area contributed by atoms with Crippen LogP contribution in [-0.4, -0.2) is 44.6 Å². The quantitative estimate of drug-likeness (QED) is 0.686. The van der Waals surface area contributed by atoms with Crippen LogP contribution >= 0.6 is 0 Å². The molecule has 0 saturated carbocycles. The Morgan fingerprint density at radius 2 is 2.11 bits per heavy atom. The first-order valence-electron chi connectivity index (χ1n) is 9.77. The van der Waals surface area contributed by atoms with E-state index in [0.29, 0.717) is 5.92 Å². The summed E-state index contributed by atoms with van der Waals surface area (Å²) < 4.78 is 1.84. The van der Waals surface area contributed by atoms with E-state index in [0.717, 1.165) is 43.3 Å². The van der Waals surface area contributed by atoms with Gasteiger partial charge in [-0.3, -0.25) is 0 Å². The van der Waals surface area contributed by atoms with Gasteiger partial charge in [0.05, 0.1) is 5.69 Å². The van der Waals surface area contributed by atoms with E-state index in [1.807, 2.05) is 23.0 Å². The van der Waals surface area contributed by atoms with Gasteiger partial charge in [0, 0.05) is 44.2 Å². The number of benzene rings is 1. The molecule has 1 fully saturated rings. The number of aliphatic hydroxyl groups is 1. The third-order valence-electron chi connectivity index (χ3n) is 5.28. The average molecular weight is 378 g/mol. The lowest BCUT2D eigenvalue weighted by Gasteiger charge is -2.32. The van der Waals surface area contributed by atoms with E-state index < -0.39 is 0 Å². The highest BCUT2D eigenvalue weighted by atomic mass is 16.3. The first-order chi connectivity index (χ1) is 13.7. The molecule has 0 radical (unpaired) electrons. The molecule has 4 rings (SSSR count). The summed E-state index contributed by atoms with van der Waals surface area (Å²) in [5.41, 5.74) is 2.21. The van der Waals surface area contributed by atoms with Crippen molar-refractivity contribution in [2.24, 2.45) is 5.92 Å². The van der Waals surface area contributed by atoms with Crippen LogP contribution in [0.5, 0.6) is 0 Å². The molecule has 0 bridgehead atoms. The van der Waals surface area contributed by atoms with Crippen LogP contribution in [0.4, 0.5) is 11.6 Å². The molecule has 1 aliphatic rings. The fourth-order valence-electron chi connectivity index (χ4n) is 3.66. The van der Waals surface area contributed by atoms with Crippen molar-refractivity contribution in [1.29, 1.82) is 0 Å². The Labute approximate surface area is 165 Å². The first-order valence-corrected chi connectivity index (χ1v) is 9.77. The number of nitrogens with zero attached hydrogens (tertiary/aromatic N) is 5. The van der Waals surface area contributed by atoms with Gasteiger partial charge in [0.15, 0.2) is 0 Å². The molecule has 2 atom stereocenters. The van der Waals surface area contributed by atoms with Crippen LogP contribution in [0.2, 0.25) is 0 Å². The molecular formula is C21H26N6O. The Bertz CT molecular complexity index is 880. The number of hydrogen-bond donors (Lipinski definition) is 2. The van der Waals surface area contributed by atoms with Gasteiger partial charge < -0.3 is 15.3 Å². The van der Waals surface area contributed by atoms with Crippen molar-refractivity contribution in [3.05, 3.63) is 60.7 Å². The molecule has 7 heteroatoms. The van der Waals surface area contributed by atoms with Crippen LogP contribution in [0.1, 0.15) is 31.4 Å². The number of piperidine rings is 1. The Morgan fingerprint density at radius 3 is 2.86 bits per heavy atom. The standard InChI is InChI=1S/C21H26N6O/c1-16(18-5-7-19(8-6-18)27-11-3-9-24-27)25-20-12-21(23-15-22-20)26-10-2-4-17(13-26)14-28/h3,5-9,11-12,15-17,28H,2,4,10,13-14H2,1H3,(H,22,23,25). The van der Waals surface area contributed by atoms with Crippen molar-refractivity contribution in [2.75, 3.05) is 29.9 Å². The summed E-state index contributed by atoms with van der Waals surface area (Å²) >= 11 is 0. The Hall–Kier alpha value is -2.93. The number of aromatic nitrogens is 4. The highest BCUT2D eigenvalue weighted by molar-refractivity contribution is 5.50. The smallest absolute Gasteiger partial charge is 0.134 e. The van der Waals surface area contributed by atoms with Crippen LogP contribution in [0.3, 0.4) is 0 Å². The maximum atomic E-state index is 9.46. The summed E-state index contributed by atoms with van der Waals surface area (Å²) in [5.74, 6) is 2.05. The zero-order chi connectivity index (χ0) is 19.3. The fraction of sp³-hybridized carbons (Fsp3) is 0.381. The zero-order valence-corrected chi connectivity index (χ0v) is 16.1. The second-order valence-electron chi connectivity index (χ2n) is 7.31. The number of nitrogens with one attached hydrogen (secondary N) is 1. The van der Waals surface area contributed by atoms with E-state index in [4.69, 9.17) is 0 Å². The third-order valence-corrected chi connectivity index (χ3v) is 5.28. The minimum atomic E-state index is 0.112. The highest BCUT2D eigenvalue weighted by Crippen LogP contribution is 2.24. The van der Waals surface area contributed by atoms with E-state index in [9.17, 15) is 5.11 Å². The molecule has 0 spiro atoms. The topological polar surface area (TPSA) is 79.1 Å². The molecule has 1 aromatic carbocycles. The summed E-state index contributed by atoms with van der Waals surface area (Å²) in [6.07, 6.45) is 7.47. The van der Waals surface area contributed by atoms with Crippen molar-refractivity contribution in [3.8, 4) is 5.69 Å². The number of rotatable bonds is 6. The van der Waals surface area contributed by atoms with Crippen LogP contribution in [-0.2, 0) is 0 Å². The van der Waals surface area contributed by atoms with Crippen molar-refractivity contribution >= 4 is 11.6 Å². The lowest BCUT2D eigenvalue weighted by atomic mass is 9.99. The molecule has 3 aromatic rings. The monoisotopic (exact) mass is 378 g/mol. The minimum Gasteiger partial charge on any atom is -0.396 e. The summed E-state index contributed by atoms with van der Waals surface area (Å²) in [5, 5.41) is 17.2. The molecule has 2 unspecified atom stereocenters. The van der Waals surface area contributed by atoms with Crippen molar-refractivity contribution in [1.82, 2.24) is 19.7 Å². The summed E-state index contributed by atoms with van der Waals surface area (Å²) in [4.78, 5) is 11.1. The van der Waals surface area contributed by atoms with E-state index in [-0.39, 0.29) is 12.6 Å². The largest absolute Gasteiger partial charge is 0.396 e. The predicted octanol–water partition coefficient (Wildman–Crippen LogP) is 3.04. The minimum absolute atomic E-state index is 0.112. The van der Waals surface area contributed by atoms with E-state index >= 15 is 0 Å². The number of anilines is 2. The third kappa shape index (κ3) is 4.14. The molecule has 7 nitrogen and oxygen atoms in total. The van der Waals surface area contributed by atoms with Gasteiger partial charge >= 0.3 is 0 Å². The summed E-state index contributed by atoms with van der Waals surface area (Å²) in [7, 11) is 0. The normalized spacial score (nSPS) is 18.1. The van der Waals surface area contributed by atoms with Crippen LogP contribution in [0.25, 0.3) is 5.69 Å². The lowest BCUT2D eigenvalue weighted by molar-refractivity contribution is 0.208. The number of aliphatic hydroxyl groups excluding tert-OH is 1. The van der Waals surface area contributed by atoms with Crippen molar-refractivity contribution in [3.63, 3.8) is 0 Å². The predicted molar refractivity (Wildman–Crippen MR) is 110 cm³/mol. The molecule has 2 N–H and O–H groups in total. The molecule has 1 saturated heterocycles. The molecule has 0 amide bonds. The fourth-order valence-corrected chi connectivity index (χ4v) is 3.66. The van der Waals surface area contributed by atoms with E-state index in [2.05, 4.69) is 56.5 Å². The van der Waals surface area contributed by atoms with Gasteiger partial charge in [0.1, 0.15) is 18.0 Å². The van der Waals surface area contributed by atoms with Gasteiger partial charge in [0.25, 0.3) is 0 Å². The molecule has 0 aliphatic carbocycles. The maximum Gasteiger partial charge on any atom is 0.134 e. The van der Waals surface area contributed by atoms with Gasteiger partial charge in [-0.15, -0.1) is 0 Å². The van der Waals surface area contributed by atoms with E-state index in [1.165, 1.54) is 5.56 Å². The van der Waals surface area contributed by atoms with E-state index in [1.54, 1.807) is 12.5 Å². The molecule has 28 heavy (non-hydrogen) atoms. The van der Waals surface area contributed by atoms with Gasteiger partial charge in [-0.2, -0.15) is 5.10 Å². The van der Waals surface area contributed by atoms with Gasteiger partial charge in [-0.05, 0) is 49.4 Å². The van der Waals surface area contributed by atoms with Crippen LogP contribution < -0.4 is 10.2 Å². The van der Waals surface area contributed by atoms with Gasteiger partial charge in [0.2, 0.25) is 0 Å². The average Bonchev–Trinajstić information content (AvgIpc) is 3.29. The second-order valence-corrected chi connectivity index (χ2v) is 7.31. The molecule has 2 aromatic heterocycles. The van der Waals surface area contributed by atoms with Gasteiger partial charge in [-0.1, -0.05) is 12.1 Å². The van der Waals surface area contributed by atoms with Crippen LogP contribution in [0, 0.1) is 5.92 Å². The van der Waals surface area contributed by atoms with Gasteiger partial charge in [-0.25, -0.2) is 14.6 Å². The zero-order valence-electron chi connectivity index (χ0n) is 16.1. The lowest BCUT2D eigenvalue weighted by Crippen LogP contribution is -2.37. The maximum absolute atomic E-state index is 9.46. The number of hydrogen-bond acceptors (Lipinski definition) is 6. The Morgan fingerprint density at radius 1 is 1.25 bits per heavy atom. The first kappa shape index (κ1) is 18.4. The van der Waals surface area contributed by atoms with Crippen molar-refractivity contribution in [2.45, 2.75) is 25.8 Å².